The molecule has 0 bridgehead atoms. The quantitative estimate of drug-likeness (QED) is 0.579. The topological polar surface area (TPSA) is 99.5 Å². The Balaban J connectivity index is 1.94. The molecular formula is C25H38N2O6S. The lowest BCUT2D eigenvalue weighted by Crippen LogP contribution is -2.50. The molecule has 34 heavy (non-hydrogen) atoms. The third-order valence-electron chi connectivity index (χ3n) is 6.49. The molecule has 0 aliphatic carbocycles. The second kappa shape index (κ2) is 11.8. The van der Waals surface area contributed by atoms with Crippen LogP contribution in [-0.2, 0) is 14.8 Å². The molecule has 1 aromatic rings. The van der Waals surface area contributed by atoms with Gasteiger partial charge in [0.2, 0.25) is 10.0 Å². The third kappa shape index (κ3) is 6.72. The zero-order chi connectivity index (χ0) is 24.9. The Kier molecular flexibility index (Phi) is 9.38. The van der Waals surface area contributed by atoms with E-state index in [0.29, 0.717) is 18.0 Å². The standard InChI is InChI=1S/C25H38N2O6S/c1-18-14-27(19(2)17-28)34(30,31)25-8-7-21(6-5-20(3)29)13-23(25)33-24(18)16-26(4)15-22-9-11-32-12-10-22/h7-8,13,18-20,22,24,28-29H,9-12,14-17H2,1-4H3/t18-,19-,20+,24+/m1/s1. The monoisotopic (exact) mass is 494 g/mol. The molecule has 1 fully saturated rings. The Hall–Kier alpha value is -1.67. The van der Waals surface area contributed by atoms with Crippen molar-refractivity contribution in [1.29, 1.82) is 0 Å². The molecule has 4 atom stereocenters. The molecule has 3 rings (SSSR count). The zero-order valence-electron chi connectivity index (χ0n) is 20.6. The Labute approximate surface area is 203 Å². The van der Waals surface area contributed by atoms with E-state index in [2.05, 4.69) is 23.8 Å². The smallest absolute Gasteiger partial charge is 0.247 e. The first-order valence-corrected chi connectivity index (χ1v) is 13.4. The number of benzene rings is 1. The predicted octanol–water partition coefficient (Wildman–Crippen LogP) is 1.55. The molecule has 0 amide bonds. The summed E-state index contributed by atoms with van der Waals surface area (Å²) in [5.74, 6) is 6.28. The van der Waals surface area contributed by atoms with E-state index in [1.54, 1.807) is 26.0 Å². The summed E-state index contributed by atoms with van der Waals surface area (Å²) in [4.78, 5) is 2.32. The van der Waals surface area contributed by atoms with Crippen LogP contribution >= 0.6 is 0 Å². The lowest BCUT2D eigenvalue weighted by atomic mass is 9.98. The Morgan fingerprint density at radius 3 is 2.59 bits per heavy atom. The highest BCUT2D eigenvalue weighted by Gasteiger charge is 2.38. The van der Waals surface area contributed by atoms with E-state index >= 15 is 0 Å². The first kappa shape index (κ1) is 26.9. The molecule has 0 unspecified atom stereocenters. The van der Waals surface area contributed by atoms with Gasteiger partial charge in [-0.2, -0.15) is 4.31 Å². The third-order valence-corrected chi connectivity index (χ3v) is 8.51. The number of nitrogens with zero attached hydrogens (tertiary/aromatic N) is 2. The van der Waals surface area contributed by atoms with Crippen molar-refractivity contribution in [2.75, 3.05) is 46.5 Å². The fourth-order valence-corrected chi connectivity index (χ4v) is 6.29. The average molecular weight is 495 g/mol. The molecule has 0 aromatic heterocycles. The highest BCUT2D eigenvalue weighted by molar-refractivity contribution is 7.89. The molecule has 2 aliphatic heterocycles. The van der Waals surface area contributed by atoms with Gasteiger partial charge in [0.1, 0.15) is 22.9 Å². The number of aliphatic hydroxyl groups is 2. The van der Waals surface area contributed by atoms with Crippen LogP contribution in [0.25, 0.3) is 0 Å². The van der Waals surface area contributed by atoms with Crippen molar-refractivity contribution < 1.29 is 28.1 Å². The van der Waals surface area contributed by atoms with Crippen molar-refractivity contribution in [2.24, 2.45) is 11.8 Å². The van der Waals surface area contributed by atoms with Gasteiger partial charge >= 0.3 is 0 Å². The minimum atomic E-state index is -3.89. The van der Waals surface area contributed by atoms with Gasteiger partial charge in [0.05, 0.1) is 6.61 Å². The Morgan fingerprint density at radius 1 is 1.24 bits per heavy atom. The number of aliphatic hydroxyl groups excluding tert-OH is 2. The van der Waals surface area contributed by atoms with Crippen LogP contribution in [0.5, 0.6) is 5.75 Å². The van der Waals surface area contributed by atoms with Crippen molar-refractivity contribution in [3.05, 3.63) is 23.8 Å². The SMILES string of the molecule is C[C@H](O)C#Cc1ccc2c(c1)O[C@@H](CN(C)CC1CCOCC1)[C@H](C)CN([C@H](C)CO)S2(=O)=O. The molecule has 8 nitrogen and oxygen atoms in total. The van der Waals surface area contributed by atoms with E-state index in [4.69, 9.17) is 9.47 Å². The van der Waals surface area contributed by atoms with Crippen LogP contribution in [0, 0.1) is 23.7 Å². The van der Waals surface area contributed by atoms with Crippen molar-refractivity contribution >= 4 is 10.0 Å². The summed E-state index contributed by atoms with van der Waals surface area (Å²) in [7, 11) is -1.82. The fourth-order valence-electron chi connectivity index (χ4n) is 4.46. The van der Waals surface area contributed by atoms with E-state index in [1.807, 2.05) is 6.92 Å². The molecular weight excluding hydrogens is 456 g/mol. The van der Waals surface area contributed by atoms with Crippen molar-refractivity contribution in [3.63, 3.8) is 0 Å². The van der Waals surface area contributed by atoms with Gasteiger partial charge < -0.3 is 24.6 Å². The van der Waals surface area contributed by atoms with Crippen LogP contribution < -0.4 is 4.74 Å². The van der Waals surface area contributed by atoms with Crippen molar-refractivity contribution in [2.45, 2.75) is 56.8 Å². The predicted molar refractivity (Wildman–Crippen MR) is 130 cm³/mol. The lowest BCUT2D eigenvalue weighted by molar-refractivity contribution is 0.0402. The van der Waals surface area contributed by atoms with Gasteiger partial charge in [-0.3, -0.25) is 0 Å². The van der Waals surface area contributed by atoms with Crippen LogP contribution in [0.3, 0.4) is 0 Å². The van der Waals surface area contributed by atoms with E-state index in [-0.39, 0.29) is 35.8 Å². The second-order valence-corrected chi connectivity index (χ2v) is 11.5. The van der Waals surface area contributed by atoms with Gasteiger partial charge in [0.25, 0.3) is 0 Å². The van der Waals surface area contributed by atoms with Gasteiger partial charge in [-0.1, -0.05) is 18.8 Å². The molecule has 1 aromatic carbocycles. The van der Waals surface area contributed by atoms with Crippen LogP contribution in [0.1, 0.15) is 39.2 Å². The molecule has 0 radical (unpaired) electrons. The van der Waals surface area contributed by atoms with Crippen LogP contribution in [0.4, 0.5) is 0 Å². The van der Waals surface area contributed by atoms with Crippen LogP contribution in [-0.4, -0.2) is 92.6 Å². The number of hydrogen-bond acceptors (Lipinski definition) is 7. The molecule has 2 N–H and O–H groups in total. The number of sulfonamides is 1. The largest absolute Gasteiger partial charge is 0.487 e. The summed E-state index contributed by atoms with van der Waals surface area (Å²) in [6, 6.07) is 4.20. The van der Waals surface area contributed by atoms with E-state index in [0.717, 1.165) is 32.6 Å². The van der Waals surface area contributed by atoms with Gasteiger partial charge in [-0.25, -0.2) is 8.42 Å². The average Bonchev–Trinajstić information content (AvgIpc) is 2.80. The maximum Gasteiger partial charge on any atom is 0.247 e. The minimum Gasteiger partial charge on any atom is -0.487 e. The molecule has 190 valence electrons. The first-order chi connectivity index (χ1) is 16.1. The molecule has 1 saturated heterocycles. The van der Waals surface area contributed by atoms with E-state index in [1.165, 1.54) is 10.4 Å². The highest BCUT2D eigenvalue weighted by atomic mass is 32.2. The normalized spacial score (nSPS) is 25.3. The van der Waals surface area contributed by atoms with E-state index < -0.39 is 22.2 Å². The molecule has 0 saturated carbocycles. The van der Waals surface area contributed by atoms with Crippen molar-refractivity contribution in [3.8, 4) is 17.6 Å². The minimum absolute atomic E-state index is 0.0689. The van der Waals surface area contributed by atoms with Gasteiger partial charge in [-0.05, 0) is 57.9 Å². The number of rotatable bonds is 6. The molecule has 0 spiro atoms. The second-order valence-electron chi connectivity index (χ2n) is 9.62. The van der Waals surface area contributed by atoms with Gasteiger partial charge in [0.15, 0.2) is 0 Å². The number of likely N-dealkylation sites (N-methyl/N-ethyl adjacent to an activating group) is 1. The van der Waals surface area contributed by atoms with Crippen LogP contribution in [0.15, 0.2) is 23.1 Å². The number of ether oxygens (including phenoxy) is 2. The maximum atomic E-state index is 13.5. The van der Waals surface area contributed by atoms with Crippen LogP contribution in [0.2, 0.25) is 0 Å². The maximum absolute atomic E-state index is 13.5. The zero-order valence-corrected chi connectivity index (χ0v) is 21.4. The summed E-state index contributed by atoms with van der Waals surface area (Å²) >= 11 is 0. The first-order valence-electron chi connectivity index (χ1n) is 12.0. The molecule has 9 heteroatoms. The lowest BCUT2D eigenvalue weighted by Gasteiger charge is -2.38. The molecule has 2 aliphatic rings. The highest BCUT2D eigenvalue weighted by Crippen LogP contribution is 2.34. The number of hydrogen-bond donors (Lipinski definition) is 2. The number of fused-ring (bicyclic) bond motifs is 1. The fraction of sp³-hybridized carbons (Fsp3) is 0.680. The summed E-state index contributed by atoms with van der Waals surface area (Å²) in [6.45, 7) is 8.41. The molecule has 2 heterocycles. The Bertz CT molecular complexity index is 981. The summed E-state index contributed by atoms with van der Waals surface area (Å²) in [6.07, 6.45) is 1.03. The van der Waals surface area contributed by atoms with Gasteiger partial charge in [0, 0.05) is 50.4 Å². The van der Waals surface area contributed by atoms with Gasteiger partial charge in [-0.15, -0.1) is 0 Å². The summed E-state index contributed by atoms with van der Waals surface area (Å²) in [5.41, 5.74) is 0.569. The summed E-state index contributed by atoms with van der Waals surface area (Å²) in [5, 5.41) is 19.3. The van der Waals surface area contributed by atoms with E-state index in [9.17, 15) is 18.6 Å². The summed E-state index contributed by atoms with van der Waals surface area (Å²) < 4.78 is 40.3. The Morgan fingerprint density at radius 2 is 1.94 bits per heavy atom. The van der Waals surface area contributed by atoms with Crippen molar-refractivity contribution in [1.82, 2.24) is 9.21 Å².